The van der Waals surface area contributed by atoms with Crippen LogP contribution in [0.1, 0.15) is 5.82 Å². The molecule has 1 heterocycles. The number of carbonyl (C=O) groups is 1. The lowest BCUT2D eigenvalue weighted by atomic mass is 10.3. The molecule has 1 amide bonds. The molecule has 9 heteroatoms. The molecule has 2 aromatic carbocycles. The van der Waals surface area contributed by atoms with E-state index in [0.717, 1.165) is 15.8 Å². The molecule has 0 saturated heterocycles. The lowest BCUT2D eigenvalue weighted by Gasteiger charge is -2.08. The van der Waals surface area contributed by atoms with E-state index < -0.39 is 0 Å². The Morgan fingerprint density at radius 1 is 1.04 bits per heavy atom. The van der Waals surface area contributed by atoms with Gasteiger partial charge in [-0.2, -0.15) is 15.0 Å². The van der Waals surface area contributed by atoms with Gasteiger partial charge in [0.1, 0.15) is 5.82 Å². The van der Waals surface area contributed by atoms with E-state index in [-0.39, 0.29) is 17.6 Å². The number of nitrogen functional groups attached to an aromatic ring is 1. The third-order valence-electron chi connectivity index (χ3n) is 3.34. The number of hydrogen-bond donors (Lipinski definition) is 3. The summed E-state index contributed by atoms with van der Waals surface area (Å²) >= 11 is 4.80. The summed E-state index contributed by atoms with van der Waals surface area (Å²) in [6.07, 6.45) is 0. The minimum atomic E-state index is -0.100. The van der Waals surface area contributed by atoms with Gasteiger partial charge in [-0.15, -0.1) is 11.8 Å². The number of hydrogen-bond acceptors (Lipinski definition) is 7. The van der Waals surface area contributed by atoms with Crippen LogP contribution in [0.3, 0.4) is 0 Å². The van der Waals surface area contributed by atoms with Gasteiger partial charge in [-0.05, 0) is 40.2 Å². The maximum absolute atomic E-state index is 12.1. The number of aromatic nitrogens is 3. The first-order chi connectivity index (χ1) is 13.1. The molecule has 3 aromatic rings. The van der Waals surface area contributed by atoms with Crippen molar-refractivity contribution in [2.45, 2.75) is 5.75 Å². The number of para-hydroxylation sites is 2. The molecular weight excluding hydrogens is 428 g/mol. The monoisotopic (exact) mass is 444 g/mol. The van der Waals surface area contributed by atoms with E-state index in [1.807, 2.05) is 54.6 Å². The van der Waals surface area contributed by atoms with E-state index in [9.17, 15) is 4.79 Å². The number of nitrogens with two attached hydrogens (primary N) is 1. The van der Waals surface area contributed by atoms with Crippen LogP contribution in [0.2, 0.25) is 0 Å². The Morgan fingerprint density at radius 2 is 1.78 bits per heavy atom. The fourth-order valence-corrected chi connectivity index (χ4v) is 3.25. The molecule has 0 atom stereocenters. The molecule has 0 spiro atoms. The highest BCUT2D eigenvalue weighted by molar-refractivity contribution is 9.10. The van der Waals surface area contributed by atoms with Crippen LogP contribution in [-0.2, 0) is 10.5 Å². The summed E-state index contributed by atoms with van der Waals surface area (Å²) in [5, 5.41) is 5.94. The van der Waals surface area contributed by atoms with Gasteiger partial charge < -0.3 is 16.4 Å². The highest BCUT2D eigenvalue weighted by atomic mass is 79.9. The quantitative estimate of drug-likeness (QED) is 0.508. The van der Waals surface area contributed by atoms with Crippen LogP contribution in [-0.4, -0.2) is 26.6 Å². The highest BCUT2D eigenvalue weighted by Crippen LogP contribution is 2.21. The first-order valence-corrected chi connectivity index (χ1v) is 9.99. The molecule has 0 saturated carbocycles. The van der Waals surface area contributed by atoms with Crippen LogP contribution in [0.25, 0.3) is 0 Å². The molecule has 3 rings (SSSR count). The smallest absolute Gasteiger partial charge is 0.234 e. The summed E-state index contributed by atoms with van der Waals surface area (Å²) in [6, 6.07) is 17.0. The summed E-state index contributed by atoms with van der Waals surface area (Å²) in [4.78, 5) is 24.7. The van der Waals surface area contributed by atoms with Crippen molar-refractivity contribution in [3.05, 3.63) is 64.9 Å². The number of anilines is 4. The molecule has 0 aliphatic carbocycles. The van der Waals surface area contributed by atoms with Crippen molar-refractivity contribution in [2.75, 3.05) is 22.1 Å². The summed E-state index contributed by atoms with van der Waals surface area (Å²) < 4.78 is 0.838. The predicted molar refractivity (Wildman–Crippen MR) is 113 cm³/mol. The summed E-state index contributed by atoms with van der Waals surface area (Å²) in [5.41, 5.74) is 7.36. The molecule has 0 fully saturated rings. The van der Waals surface area contributed by atoms with E-state index in [1.54, 1.807) is 0 Å². The average Bonchev–Trinajstić information content (AvgIpc) is 2.64. The number of amides is 1. The van der Waals surface area contributed by atoms with Crippen molar-refractivity contribution < 1.29 is 4.79 Å². The summed E-state index contributed by atoms with van der Waals surface area (Å²) in [6.45, 7) is 0. The minimum Gasteiger partial charge on any atom is -0.368 e. The first-order valence-electron chi connectivity index (χ1n) is 8.05. The van der Waals surface area contributed by atoms with Crippen LogP contribution in [0.15, 0.2) is 59.1 Å². The first kappa shape index (κ1) is 19.1. The molecule has 138 valence electrons. The number of nitrogens with one attached hydrogen (secondary N) is 2. The molecule has 0 radical (unpaired) electrons. The molecule has 4 N–H and O–H groups in total. The van der Waals surface area contributed by atoms with Crippen LogP contribution in [0.5, 0.6) is 0 Å². The van der Waals surface area contributed by atoms with Crippen LogP contribution < -0.4 is 16.4 Å². The maximum atomic E-state index is 12.1. The standard InChI is InChI=1S/C18H17BrN6OS/c19-13-8-4-5-9-14(13)22-16(26)11-27-10-15-23-17(20)25-18(24-15)21-12-6-2-1-3-7-12/h1-9H,10-11H2,(H,22,26)(H3,20,21,23,24,25). The summed E-state index contributed by atoms with van der Waals surface area (Å²) in [5.74, 6) is 1.64. The minimum absolute atomic E-state index is 0.100. The van der Waals surface area contributed by atoms with Gasteiger partial charge in [0, 0.05) is 10.2 Å². The van der Waals surface area contributed by atoms with Crippen molar-refractivity contribution in [1.82, 2.24) is 15.0 Å². The highest BCUT2D eigenvalue weighted by Gasteiger charge is 2.08. The third-order valence-corrected chi connectivity index (χ3v) is 4.96. The lowest BCUT2D eigenvalue weighted by Crippen LogP contribution is -2.15. The summed E-state index contributed by atoms with van der Waals surface area (Å²) in [7, 11) is 0. The van der Waals surface area contributed by atoms with Crippen molar-refractivity contribution >= 4 is 56.9 Å². The number of nitrogens with zero attached hydrogens (tertiary/aromatic N) is 3. The predicted octanol–water partition coefficient (Wildman–Crippen LogP) is 3.83. The van der Waals surface area contributed by atoms with E-state index in [0.29, 0.717) is 17.5 Å². The lowest BCUT2D eigenvalue weighted by molar-refractivity contribution is -0.113. The Hall–Kier alpha value is -2.65. The second kappa shape index (κ2) is 9.33. The number of carbonyl (C=O) groups excluding carboxylic acids is 1. The van der Waals surface area contributed by atoms with Gasteiger partial charge in [0.05, 0.1) is 17.2 Å². The number of rotatable bonds is 7. The molecular formula is C18H17BrN6OS. The SMILES string of the molecule is Nc1nc(CSCC(=O)Nc2ccccc2Br)nc(Nc2ccccc2)n1. The zero-order valence-electron chi connectivity index (χ0n) is 14.2. The molecule has 0 aliphatic rings. The average molecular weight is 445 g/mol. The fourth-order valence-electron chi connectivity index (χ4n) is 2.19. The van der Waals surface area contributed by atoms with Crippen molar-refractivity contribution in [3.8, 4) is 0 Å². The Morgan fingerprint density at radius 3 is 2.56 bits per heavy atom. The Labute approximate surface area is 169 Å². The normalized spacial score (nSPS) is 10.4. The van der Waals surface area contributed by atoms with E-state index >= 15 is 0 Å². The zero-order chi connectivity index (χ0) is 19.1. The van der Waals surface area contributed by atoms with Gasteiger partial charge in [-0.25, -0.2) is 0 Å². The number of halogens is 1. The second-order valence-corrected chi connectivity index (χ2v) is 7.29. The van der Waals surface area contributed by atoms with Gasteiger partial charge >= 0.3 is 0 Å². The Bertz CT molecular complexity index is 925. The van der Waals surface area contributed by atoms with Gasteiger partial charge in [-0.1, -0.05) is 30.3 Å². The maximum Gasteiger partial charge on any atom is 0.234 e. The molecule has 7 nitrogen and oxygen atoms in total. The van der Waals surface area contributed by atoms with E-state index in [1.165, 1.54) is 11.8 Å². The van der Waals surface area contributed by atoms with Crippen LogP contribution in [0.4, 0.5) is 23.3 Å². The molecule has 1 aromatic heterocycles. The molecule has 0 bridgehead atoms. The van der Waals surface area contributed by atoms with Gasteiger partial charge in [0.15, 0.2) is 0 Å². The van der Waals surface area contributed by atoms with Crippen LogP contribution in [0, 0.1) is 0 Å². The fraction of sp³-hybridized carbons (Fsp3) is 0.111. The number of benzene rings is 2. The van der Waals surface area contributed by atoms with Gasteiger partial charge in [-0.3, -0.25) is 4.79 Å². The third kappa shape index (κ3) is 5.93. The second-order valence-electron chi connectivity index (χ2n) is 5.45. The largest absolute Gasteiger partial charge is 0.368 e. The zero-order valence-corrected chi connectivity index (χ0v) is 16.6. The Kier molecular flexibility index (Phi) is 6.61. The van der Waals surface area contributed by atoms with E-state index in [2.05, 4.69) is 41.5 Å². The van der Waals surface area contributed by atoms with E-state index in [4.69, 9.17) is 5.73 Å². The van der Waals surface area contributed by atoms with Gasteiger partial charge in [0.2, 0.25) is 17.8 Å². The molecule has 27 heavy (non-hydrogen) atoms. The molecule has 0 unspecified atom stereocenters. The van der Waals surface area contributed by atoms with Crippen molar-refractivity contribution in [2.24, 2.45) is 0 Å². The van der Waals surface area contributed by atoms with Crippen LogP contribution >= 0.6 is 27.7 Å². The van der Waals surface area contributed by atoms with Crippen molar-refractivity contribution in [1.29, 1.82) is 0 Å². The number of thioether (sulfide) groups is 1. The Balaban J connectivity index is 1.55. The molecule has 0 aliphatic heterocycles. The topological polar surface area (TPSA) is 106 Å². The van der Waals surface area contributed by atoms with Gasteiger partial charge in [0.25, 0.3) is 0 Å². The van der Waals surface area contributed by atoms with Crippen molar-refractivity contribution in [3.63, 3.8) is 0 Å².